The first kappa shape index (κ1) is 57.1. The smallest absolute Gasteiger partial charge is 0.207 e. The molecule has 0 N–H and O–H groups in total. The quantitative estimate of drug-likeness (QED) is 0.115. The van der Waals surface area contributed by atoms with E-state index in [9.17, 15) is 0 Å². The molecule has 0 aliphatic carbocycles. The van der Waals surface area contributed by atoms with Crippen LogP contribution in [-0.4, -0.2) is 28.3 Å². The number of hydrogen-bond acceptors (Lipinski definition) is 6. The summed E-state index contributed by atoms with van der Waals surface area (Å²) in [5, 5.41) is 0. The first-order chi connectivity index (χ1) is 32.9. The maximum absolute atomic E-state index is 15.1. The van der Waals surface area contributed by atoms with E-state index in [1.54, 1.807) is 0 Å². The van der Waals surface area contributed by atoms with E-state index in [1.165, 1.54) is 0 Å². The van der Waals surface area contributed by atoms with Crippen LogP contribution < -0.4 is 0 Å². The Labute approximate surface area is 439 Å². The second kappa shape index (κ2) is 20.2. The minimum Gasteiger partial charge on any atom is -0.207 e. The second-order valence-electron chi connectivity index (χ2n) is 25.4. The van der Waals surface area contributed by atoms with E-state index in [-0.39, 0.29) is 32.5 Å². The van der Waals surface area contributed by atoms with Crippen molar-refractivity contribution in [2.75, 3.05) is 11.5 Å². The number of hydrogen-bond donors (Lipinski definition) is 0. The fraction of sp³-hybridized carbons (Fsp3) is 0.419. The molecule has 0 saturated carbocycles. The maximum atomic E-state index is 15.1. The van der Waals surface area contributed by atoms with Gasteiger partial charge in [0.05, 0.1) is 11.5 Å². The maximum Gasteiger partial charge on any atom is 0.278 e. The fourth-order valence-corrected chi connectivity index (χ4v) is 19.8. The summed E-state index contributed by atoms with van der Waals surface area (Å²) in [5.74, 6) is -1.70. The molecule has 6 aromatic carbocycles. The normalized spacial score (nSPS) is 14.3. The highest BCUT2D eigenvalue weighted by atomic mass is 32.3. The molecular weight excluding hydrogens is 969 g/mol. The molecule has 0 fully saturated rings. The Balaban J connectivity index is 1.53. The zero-order valence-corrected chi connectivity index (χ0v) is 49.6. The van der Waals surface area contributed by atoms with Crippen molar-refractivity contribution in [3.8, 4) is 0 Å². The molecule has 6 rings (SSSR count). The average Bonchev–Trinajstić information content (AvgIpc) is 3.28. The van der Waals surface area contributed by atoms with Crippen molar-refractivity contribution in [1.82, 2.24) is 0 Å². The molecule has 0 aromatic heterocycles. The van der Waals surface area contributed by atoms with Crippen LogP contribution in [-0.2, 0) is 60.0 Å². The van der Waals surface area contributed by atoms with Gasteiger partial charge in [-0.25, -0.2) is 7.26 Å². The molecule has 0 aliphatic heterocycles. The fourth-order valence-electron chi connectivity index (χ4n) is 8.51. The molecule has 6 aromatic rings. The van der Waals surface area contributed by atoms with Gasteiger partial charge in [0.1, 0.15) is 0 Å². The third-order valence-corrected chi connectivity index (χ3v) is 23.9. The Hall–Kier alpha value is -4.16. The van der Waals surface area contributed by atoms with Gasteiger partial charge >= 0.3 is 0 Å². The van der Waals surface area contributed by atoms with Gasteiger partial charge in [0.2, 0.25) is 0 Å². The SMILES string of the molecule is CC(C)(C)c1ccc(S(OS(=O)(=O)CCS(=O)(=O)OS(c2ccc(C(C)(C)C)cc2)(c2ccc(C(C)(C)C)cc2)c2ccc(C(C)(C)C)cc2)(c2ccc(C(C)(C)C)cc2)c2ccc(C(C)(C)C)cc2)cc1. The van der Waals surface area contributed by atoms with Crippen LogP contribution >= 0.6 is 20.6 Å². The minimum absolute atomic E-state index is 0.171. The Bertz CT molecular complexity index is 2530. The van der Waals surface area contributed by atoms with Gasteiger partial charge in [-0.3, -0.25) is 0 Å². The number of benzene rings is 6. The zero-order chi connectivity index (χ0) is 53.7. The lowest BCUT2D eigenvalue weighted by molar-refractivity contribution is 0.497. The van der Waals surface area contributed by atoms with Gasteiger partial charge in [-0.15, -0.1) is 0 Å². The van der Waals surface area contributed by atoms with Crippen LogP contribution in [0.2, 0.25) is 0 Å². The third kappa shape index (κ3) is 12.8. The highest BCUT2D eigenvalue weighted by Gasteiger charge is 2.42. The molecule has 0 saturated heterocycles. The average molecular weight is 1050 g/mol. The van der Waals surface area contributed by atoms with E-state index >= 15 is 16.8 Å². The minimum atomic E-state index is -4.66. The second-order valence-corrected chi connectivity index (χ2v) is 34.6. The van der Waals surface area contributed by atoms with Crippen LogP contribution in [0.1, 0.15) is 158 Å². The molecule has 0 amide bonds. The van der Waals surface area contributed by atoms with Crippen molar-refractivity contribution in [3.63, 3.8) is 0 Å². The molecule has 0 radical (unpaired) electrons. The van der Waals surface area contributed by atoms with Crippen molar-refractivity contribution in [2.45, 2.75) is 186 Å². The molecule has 0 spiro atoms. The molecule has 72 heavy (non-hydrogen) atoms. The van der Waals surface area contributed by atoms with Crippen LogP contribution in [0.4, 0.5) is 0 Å². The number of rotatable bonds is 13. The van der Waals surface area contributed by atoms with Crippen molar-refractivity contribution >= 4 is 40.9 Å². The summed E-state index contributed by atoms with van der Waals surface area (Å²) in [4.78, 5) is 4.03. The van der Waals surface area contributed by atoms with Gasteiger partial charge < -0.3 is 0 Å². The van der Waals surface area contributed by atoms with Gasteiger partial charge in [-0.05, 0) is 159 Å². The van der Waals surface area contributed by atoms with Gasteiger partial charge in [-0.2, -0.15) is 16.8 Å². The summed E-state index contributed by atoms with van der Waals surface area (Å²) >= 11 is 0. The predicted octanol–water partition coefficient (Wildman–Crippen LogP) is 17.3. The molecule has 0 bridgehead atoms. The highest BCUT2D eigenvalue weighted by molar-refractivity contribution is 8.33. The van der Waals surface area contributed by atoms with E-state index in [0.29, 0.717) is 29.4 Å². The van der Waals surface area contributed by atoms with Gasteiger partial charge in [0, 0.05) is 29.4 Å². The lowest BCUT2D eigenvalue weighted by Crippen LogP contribution is -2.24. The van der Waals surface area contributed by atoms with E-state index in [2.05, 4.69) is 125 Å². The summed E-state index contributed by atoms with van der Waals surface area (Å²) in [7, 11) is -15.5. The van der Waals surface area contributed by atoms with Crippen molar-refractivity contribution < 1.29 is 24.1 Å². The van der Waals surface area contributed by atoms with E-state index in [1.807, 2.05) is 146 Å². The van der Waals surface area contributed by atoms with Crippen LogP contribution in [0.25, 0.3) is 0 Å². The Morgan fingerprint density at radius 3 is 0.486 bits per heavy atom. The first-order valence-corrected chi connectivity index (χ1v) is 31.3. The molecule has 390 valence electrons. The lowest BCUT2D eigenvalue weighted by Gasteiger charge is -2.41. The highest BCUT2D eigenvalue weighted by Crippen LogP contribution is 2.72. The molecule has 6 nitrogen and oxygen atoms in total. The Morgan fingerprint density at radius 2 is 0.375 bits per heavy atom. The Morgan fingerprint density at radius 1 is 0.250 bits per heavy atom. The molecule has 0 atom stereocenters. The standard InChI is InChI=1S/C62H82O6S4/c1-57(2,3)45-19-31-51(32-20-45)71(52-33-21-46(22-34-52)58(4,5)6,53-35-23-47(24-36-53)59(7,8)9)67-69(63,64)43-44-70(65,66)68-72(54-37-25-48(26-38-54)60(10,11)12,55-39-27-49(28-40-55)61(13,14)15)56-41-29-50(30-42-56)62(16,17)18/h19-42H,43-44H2,1-18H3. The van der Waals surface area contributed by atoms with Crippen LogP contribution in [0, 0.1) is 0 Å². The Kier molecular flexibility index (Phi) is 16.0. The largest absolute Gasteiger partial charge is 0.278 e. The first-order valence-electron chi connectivity index (χ1n) is 25.1. The topological polar surface area (TPSA) is 86.7 Å². The van der Waals surface area contributed by atoms with E-state index in [4.69, 9.17) is 7.26 Å². The van der Waals surface area contributed by atoms with Crippen molar-refractivity contribution in [3.05, 3.63) is 179 Å². The van der Waals surface area contributed by atoms with Crippen molar-refractivity contribution in [2.24, 2.45) is 0 Å². The molecule has 0 aliphatic rings. The zero-order valence-electron chi connectivity index (χ0n) is 46.4. The summed E-state index contributed by atoms with van der Waals surface area (Å²) in [6.45, 7) is 38.5. The molecule has 0 unspecified atom stereocenters. The molecular formula is C62H82O6S4. The lowest BCUT2D eigenvalue weighted by atomic mass is 9.87. The van der Waals surface area contributed by atoms with E-state index in [0.717, 1.165) is 33.4 Å². The van der Waals surface area contributed by atoms with Gasteiger partial charge in [-0.1, -0.05) is 197 Å². The summed E-state index contributed by atoms with van der Waals surface area (Å²) in [5.41, 5.74) is 5.46. The monoisotopic (exact) mass is 1050 g/mol. The molecule has 0 heterocycles. The van der Waals surface area contributed by atoms with Gasteiger partial charge in [0.15, 0.2) is 0 Å². The van der Waals surface area contributed by atoms with Crippen LogP contribution in [0.3, 0.4) is 0 Å². The van der Waals surface area contributed by atoms with Gasteiger partial charge in [0.25, 0.3) is 20.2 Å². The van der Waals surface area contributed by atoms with E-state index < -0.39 is 52.4 Å². The van der Waals surface area contributed by atoms with Crippen molar-refractivity contribution in [1.29, 1.82) is 0 Å². The van der Waals surface area contributed by atoms with Crippen LogP contribution in [0.5, 0.6) is 0 Å². The summed E-state index contributed by atoms with van der Waals surface area (Å²) < 4.78 is 74.2. The predicted molar refractivity (Wildman–Crippen MR) is 305 cm³/mol. The van der Waals surface area contributed by atoms with Crippen LogP contribution in [0.15, 0.2) is 175 Å². The summed E-state index contributed by atoms with van der Waals surface area (Å²) in [6.07, 6.45) is 0. The molecule has 10 heteroatoms. The summed E-state index contributed by atoms with van der Waals surface area (Å²) in [6, 6.07) is 48.1. The third-order valence-electron chi connectivity index (χ3n) is 13.3.